The second kappa shape index (κ2) is 6.52. The molecule has 0 heterocycles. The Balaban J connectivity index is 2.79. The fourth-order valence-electron chi connectivity index (χ4n) is 0.353. The van der Waals surface area contributed by atoms with Crippen molar-refractivity contribution in [2.24, 2.45) is 0 Å². The normalized spacial score (nSPS) is 7.75. The highest BCUT2D eigenvalue weighted by Gasteiger charge is 1.77. The molecule has 0 atom stereocenters. The fourth-order valence-corrected chi connectivity index (χ4v) is 0.353. The van der Waals surface area contributed by atoms with Gasteiger partial charge in [0.15, 0.2) is 0 Å². The van der Waals surface area contributed by atoms with Gasteiger partial charge in [-0.25, -0.2) is 0 Å². The summed E-state index contributed by atoms with van der Waals surface area (Å²) in [6, 6.07) is 0. The molecule has 0 saturated carbocycles. The highest BCUT2D eigenvalue weighted by molar-refractivity contribution is 4.94. The molecule has 0 aliphatic heterocycles. The molecule has 0 aliphatic carbocycles. The Morgan fingerprint density at radius 2 is 2.38 bits per heavy atom. The van der Waals surface area contributed by atoms with Crippen LogP contribution in [0.3, 0.4) is 0 Å². The van der Waals surface area contributed by atoms with Crippen molar-refractivity contribution >= 4 is 0 Å². The van der Waals surface area contributed by atoms with E-state index in [9.17, 15) is 0 Å². The molecule has 0 N–H and O–H groups in total. The van der Waals surface area contributed by atoms with Gasteiger partial charge in [-0.2, -0.15) is 0 Å². The van der Waals surface area contributed by atoms with Crippen molar-refractivity contribution < 1.29 is 4.74 Å². The zero-order chi connectivity index (χ0) is 6.24. The number of hydrogen-bond acceptors (Lipinski definition) is 1. The summed E-state index contributed by atoms with van der Waals surface area (Å²) in [4.78, 5) is 0. The smallest absolute Gasteiger partial charge is 0.0806 e. The zero-order valence-electron chi connectivity index (χ0n) is 5.40. The van der Waals surface area contributed by atoms with Gasteiger partial charge in [0.1, 0.15) is 0 Å². The first-order valence-electron chi connectivity index (χ1n) is 2.71. The Morgan fingerprint density at radius 1 is 1.62 bits per heavy atom. The van der Waals surface area contributed by atoms with E-state index in [0.717, 1.165) is 13.0 Å². The first kappa shape index (κ1) is 7.52. The molecule has 0 unspecified atom stereocenters. The van der Waals surface area contributed by atoms with Gasteiger partial charge in [-0.05, 0) is 13.8 Å². The summed E-state index contributed by atoms with van der Waals surface area (Å²) in [5, 5.41) is 0. The molecule has 1 heteroatoms. The minimum Gasteiger partial charge on any atom is -0.375 e. The van der Waals surface area contributed by atoms with Crippen LogP contribution in [0, 0.1) is 18.4 Å². The van der Waals surface area contributed by atoms with Crippen LogP contribution in [0.15, 0.2) is 0 Å². The highest BCUT2D eigenvalue weighted by atomic mass is 16.5. The second-order valence-electron chi connectivity index (χ2n) is 1.28. The molecule has 0 saturated heterocycles. The summed E-state index contributed by atoms with van der Waals surface area (Å²) in [6.45, 7) is 6.09. The Kier molecular flexibility index (Phi) is 6.13. The van der Waals surface area contributed by atoms with Crippen LogP contribution in [0.4, 0.5) is 0 Å². The third-order valence-corrected chi connectivity index (χ3v) is 0.688. The van der Waals surface area contributed by atoms with E-state index in [4.69, 9.17) is 4.74 Å². The van der Waals surface area contributed by atoms with E-state index in [-0.39, 0.29) is 0 Å². The first-order valence-corrected chi connectivity index (χ1v) is 2.71. The Bertz CT molecular complexity index is 86.3. The van der Waals surface area contributed by atoms with E-state index in [1.807, 2.05) is 13.8 Å². The molecule has 1 nitrogen and oxygen atoms in total. The van der Waals surface area contributed by atoms with E-state index in [1.165, 1.54) is 0 Å². The minimum atomic E-state index is 0.720. The van der Waals surface area contributed by atoms with Gasteiger partial charge >= 0.3 is 0 Å². The first-order chi connectivity index (χ1) is 3.91. The van der Waals surface area contributed by atoms with Crippen LogP contribution >= 0.6 is 0 Å². The van der Waals surface area contributed by atoms with E-state index in [2.05, 4.69) is 11.8 Å². The molecule has 45 valence electrons. The molecule has 1 radical (unpaired) electrons. The van der Waals surface area contributed by atoms with Crippen LogP contribution in [0.5, 0.6) is 0 Å². The van der Waals surface area contributed by atoms with Crippen LogP contribution in [0.25, 0.3) is 0 Å². The predicted molar refractivity (Wildman–Crippen MR) is 34.0 cm³/mol. The predicted octanol–water partition coefficient (Wildman–Crippen LogP) is 1.60. The lowest BCUT2D eigenvalue weighted by atomic mass is 10.4. The Morgan fingerprint density at radius 3 is 2.88 bits per heavy atom. The van der Waals surface area contributed by atoms with Gasteiger partial charge in [0.05, 0.1) is 13.2 Å². The third-order valence-electron chi connectivity index (χ3n) is 0.688. The zero-order valence-corrected chi connectivity index (χ0v) is 5.40. The summed E-state index contributed by atoms with van der Waals surface area (Å²) < 4.78 is 4.91. The molecule has 0 aromatic rings. The topological polar surface area (TPSA) is 9.23 Å². The van der Waals surface area contributed by atoms with Gasteiger partial charge < -0.3 is 4.74 Å². The maximum Gasteiger partial charge on any atom is 0.0806 e. The van der Waals surface area contributed by atoms with Crippen molar-refractivity contribution in [3.63, 3.8) is 0 Å². The van der Waals surface area contributed by atoms with Crippen LogP contribution in [-0.2, 0) is 4.74 Å². The largest absolute Gasteiger partial charge is 0.375 e. The Labute approximate surface area is 51.0 Å². The molecule has 0 amide bonds. The standard InChI is InChI=1S/C7H11O/c1-3-5-6-7-8-4-2/h4H,6-7H2,1-2H3. The van der Waals surface area contributed by atoms with Gasteiger partial charge in [0.25, 0.3) is 0 Å². The highest BCUT2D eigenvalue weighted by Crippen LogP contribution is 1.81. The summed E-state index contributed by atoms with van der Waals surface area (Å²) in [7, 11) is 0. The van der Waals surface area contributed by atoms with E-state index in [1.54, 1.807) is 6.61 Å². The lowest BCUT2D eigenvalue weighted by Gasteiger charge is -1.90. The van der Waals surface area contributed by atoms with E-state index >= 15 is 0 Å². The van der Waals surface area contributed by atoms with Crippen molar-refractivity contribution in [2.75, 3.05) is 6.61 Å². The van der Waals surface area contributed by atoms with Crippen molar-refractivity contribution in [3.05, 3.63) is 6.61 Å². The van der Waals surface area contributed by atoms with Gasteiger partial charge in [0.2, 0.25) is 0 Å². The van der Waals surface area contributed by atoms with Crippen molar-refractivity contribution in [3.8, 4) is 11.8 Å². The summed E-state index contributed by atoms with van der Waals surface area (Å²) in [5.74, 6) is 5.67. The molecular formula is C7H11O. The minimum absolute atomic E-state index is 0.720. The van der Waals surface area contributed by atoms with Crippen molar-refractivity contribution in [1.29, 1.82) is 0 Å². The number of hydrogen-bond donors (Lipinski definition) is 0. The average Bonchev–Trinajstić information content (AvgIpc) is 1.81. The number of rotatable bonds is 3. The third kappa shape index (κ3) is 5.52. The van der Waals surface area contributed by atoms with Gasteiger partial charge in [-0.1, -0.05) is 0 Å². The molecular weight excluding hydrogens is 100 g/mol. The maximum absolute atomic E-state index is 4.91. The second-order valence-corrected chi connectivity index (χ2v) is 1.28. The average molecular weight is 111 g/mol. The number of ether oxygens (including phenoxy) is 1. The Hall–Kier alpha value is -0.480. The molecule has 0 bridgehead atoms. The monoisotopic (exact) mass is 111 g/mol. The van der Waals surface area contributed by atoms with E-state index < -0.39 is 0 Å². The fraction of sp³-hybridized carbons (Fsp3) is 0.571. The van der Waals surface area contributed by atoms with Crippen molar-refractivity contribution in [2.45, 2.75) is 20.3 Å². The summed E-state index contributed by atoms with van der Waals surface area (Å²) in [5.41, 5.74) is 0. The molecule has 0 fully saturated rings. The van der Waals surface area contributed by atoms with Crippen LogP contribution in [0.1, 0.15) is 20.3 Å². The van der Waals surface area contributed by atoms with Gasteiger partial charge in [0, 0.05) is 6.42 Å². The lowest BCUT2D eigenvalue weighted by molar-refractivity contribution is 0.211. The van der Waals surface area contributed by atoms with Crippen LogP contribution < -0.4 is 0 Å². The molecule has 0 spiro atoms. The molecule has 0 aromatic heterocycles. The molecule has 0 aromatic carbocycles. The van der Waals surface area contributed by atoms with Crippen LogP contribution in [-0.4, -0.2) is 6.61 Å². The summed E-state index contributed by atoms with van der Waals surface area (Å²) in [6.07, 6.45) is 0.834. The lowest BCUT2D eigenvalue weighted by Crippen LogP contribution is -1.85. The van der Waals surface area contributed by atoms with E-state index in [0.29, 0.717) is 0 Å². The molecule has 8 heavy (non-hydrogen) atoms. The SMILES string of the molecule is CC#CCCO[CH]C. The van der Waals surface area contributed by atoms with Gasteiger partial charge in [-0.15, -0.1) is 11.8 Å². The van der Waals surface area contributed by atoms with Crippen molar-refractivity contribution in [1.82, 2.24) is 0 Å². The summed E-state index contributed by atoms with van der Waals surface area (Å²) >= 11 is 0. The molecule has 0 rings (SSSR count). The van der Waals surface area contributed by atoms with Crippen LogP contribution in [0.2, 0.25) is 0 Å². The van der Waals surface area contributed by atoms with Gasteiger partial charge in [-0.3, -0.25) is 0 Å². The molecule has 0 aliphatic rings. The maximum atomic E-state index is 4.91. The quantitative estimate of drug-likeness (QED) is 0.397.